The number of halogens is 1. The van der Waals surface area contributed by atoms with E-state index in [-0.39, 0.29) is 0 Å². The lowest BCUT2D eigenvalue weighted by molar-refractivity contribution is 0.581. The SMILES string of the molecule is Cc1cnn(-c2ccnc(F)c2)c1. The number of hydrogen-bond donors (Lipinski definition) is 0. The van der Waals surface area contributed by atoms with Crippen molar-refractivity contribution >= 4 is 0 Å². The first-order valence-corrected chi connectivity index (χ1v) is 3.89. The maximum atomic E-state index is 12.7. The van der Waals surface area contributed by atoms with Gasteiger partial charge in [-0.2, -0.15) is 9.49 Å². The fourth-order valence-electron chi connectivity index (χ4n) is 1.09. The zero-order valence-electron chi connectivity index (χ0n) is 7.11. The Balaban J connectivity index is 2.46. The Morgan fingerprint density at radius 1 is 1.46 bits per heavy atom. The highest BCUT2D eigenvalue weighted by molar-refractivity contribution is 5.28. The number of nitrogens with zero attached hydrogens (tertiary/aromatic N) is 3. The van der Waals surface area contributed by atoms with E-state index in [2.05, 4.69) is 10.1 Å². The largest absolute Gasteiger partial charge is 0.241 e. The van der Waals surface area contributed by atoms with Crippen LogP contribution in [0.3, 0.4) is 0 Å². The molecule has 2 rings (SSSR count). The van der Waals surface area contributed by atoms with Crippen LogP contribution in [-0.4, -0.2) is 14.8 Å². The number of pyridine rings is 1. The first kappa shape index (κ1) is 7.91. The van der Waals surface area contributed by atoms with Gasteiger partial charge < -0.3 is 0 Å². The van der Waals surface area contributed by atoms with Crippen molar-refractivity contribution in [2.45, 2.75) is 6.92 Å². The molecule has 0 amide bonds. The summed E-state index contributed by atoms with van der Waals surface area (Å²) in [5, 5.41) is 4.05. The van der Waals surface area contributed by atoms with Gasteiger partial charge in [0.1, 0.15) is 0 Å². The van der Waals surface area contributed by atoms with Crippen LogP contribution >= 0.6 is 0 Å². The van der Waals surface area contributed by atoms with Crippen molar-refractivity contribution in [3.63, 3.8) is 0 Å². The van der Waals surface area contributed by atoms with Crippen molar-refractivity contribution in [1.82, 2.24) is 14.8 Å². The maximum Gasteiger partial charge on any atom is 0.214 e. The van der Waals surface area contributed by atoms with Gasteiger partial charge in [-0.15, -0.1) is 0 Å². The fraction of sp³-hybridized carbons (Fsp3) is 0.111. The van der Waals surface area contributed by atoms with Gasteiger partial charge >= 0.3 is 0 Å². The van der Waals surface area contributed by atoms with Crippen LogP contribution in [0.2, 0.25) is 0 Å². The van der Waals surface area contributed by atoms with Gasteiger partial charge in [-0.25, -0.2) is 9.67 Å². The van der Waals surface area contributed by atoms with Crippen LogP contribution in [-0.2, 0) is 0 Å². The Hall–Kier alpha value is -1.71. The summed E-state index contributed by atoms with van der Waals surface area (Å²) in [4.78, 5) is 3.46. The minimum Gasteiger partial charge on any atom is -0.241 e. The highest BCUT2D eigenvalue weighted by atomic mass is 19.1. The first-order chi connectivity index (χ1) is 6.25. The smallest absolute Gasteiger partial charge is 0.214 e. The second-order valence-electron chi connectivity index (χ2n) is 2.80. The van der Waals surface area contributed by atoms with Crippen molar-refractivity contribution in [3.8, 4) is 5.69 Å². The Morgan fingerprint density at radius 3 is 2.92 bits per heavy atom. The van der Waals surface area contributed by atoms with Crippen molar-refractivity contribution in [2.24, 2.45) is 0 Å². The first-order valence-electron chi connectivity index (χ1n) is 3.89. The predicted octanol–water partition coefficient (Wildman–Crippen LogP) is 1.71. The molecule has 0 unspecified atom stereocenters. The lowest BCUT2D eigenvalue weighted by Crippen LogP contribution is -1.95. The lowest BCUT2D eigenvalue weighted by atomic mass is 10.4. The molecule has 0 saturated carbocycles. The number of aryl methyl sites for hydroxylation is 1. The molecule has 3 nitrogen and oxygen atoms in total. The second kappa shape index (κ2) is 2.97. The van der Waals surface area contributed by atoms with Crippen LogP contribution in [0.25, 0.3) is 5.69 Å². The molecule has 0 saturated heterocycles. The lowest BCUT2D eigenvalue weighted by Gasteiger charge is -1.98. The molecule has 0 aliphatic carbocycles. The molecule has 0 bridgehead atoms. The minimum atomic E-state index is -0.495. The van der Waals surface area contributed by atoms with Crippen molar-refractivity contribution in [2.75, 3.05) is 0 Å². The summed E-state index contributed by atoms with van der Waals surface area (Å²) in [5.41, 5.74) is 1.72. The van der Waals surface area contributed by atoms with Crippen molar-refractivity contribution in [3.05, 3.63) is 42.2 Å². The summed E-state index contributed by atoms with van der Waals surface area (Å²) >= 11 is 0. The molecule has 0 aromatic carbocycles. The zero-order chi connectivity index (χ0) is 9.26. The van der Waals surface area contributed by atoms with Crippen LogP contribution in [0.15, 0.2) is 30.7 Å². The summed E-state index contributed by atoms with van der Waals surface area (Å²) in [6.45, 7) is 1.93. The minimum absolute atomic E-state index is 0.495. The molecule has 0 aliphatic rings. The van der Waals surface area contributed by atoms with Gasteiger partial charge in [0.25, 0.3) is 0 Å². The highest BCUT2D eigenvalue weighted by Gasteiger charge is 1.99. The van der Waals surface area contributed by atoms with Gasteiger partial charge in [-0.05, 0) is 18.6 Å². The molecule has 0 spiro atoms. The van der Waals surface area contributed by atoms with Crippen molar-refractivity contribution in [1.29, 1.82) is 0 Å². The topological polar surface area (TPSA) is 30.7 Å². The molecule has 0 atom stereocenters. The molecule has 0 aliphatic heterocycles. The van der Waals surface area contributed by atoms with Gasteiger partial charge in [0.05, 0.1) is 11.9 Å². The van der Waals surface area contributed by atoms with Crippen LogP contribution in [0, 0.1) is 12.9 Å². The molecule has 0 fully saturated rings. The molecule has 0 N–H and O–H groups in total. The second-order valence-corrected chi connectivity index (χ2v) is 2.80. The third kappa shape index (κ3) is 1.56. The zero-order valence-corrected chi connectivity index (χ0v) is 7.11. The van der Waals surface area contributed by atoms with Gasteiger partial charge in [0, 0.05) is 18.5 Å². The Bertz CT molecular complexity index is 422. The number of rotatable bonds is 1. The molecule has 0 radical (unpaired) electrons. The van der Waals surface area contributed by atoms with Crippen LogP contribution in [0.1, 0.15) is 5.56 Å². The average molecular weight is 177 g/mol. The monoisotopic (exact) mass is 177 g/mol. The molecule has 4 heteroatoms. The summed E-state index contributed by atoms with van der Waals surface area (Å²) in [5.74, 6) is -0.495. The van der Waals surface area contributed by atoms with Crippen LogP contribution in [0.5, 0.6) is 0 Å². The molecule has 2 heterocycles. The number of hydrogen-bond acceptors (Lipinski definition) is 2. The van der Waals surface area contributed by atoms with Gasteiger partial charge in [0.2, 0.25) is 5.95 Å². The normalized spacial score (nSPS) is 10.3. The summed E-state index contributed by atoms with van der Waals surface area (Å²) in [6, 6.07) is 3.04. The molecule has 66 valence electrons. The average Bonchev–Trinajstić information content (AvgIpc) is 2.52. The Morgan fingerprint density at radius 2 is 2.31 bits per heavy atom. The van der Waals surface area contributed by atoms with E-state index < -0.39 is 5.95 Å². The van der Waals surface area contributed by atoms with E-state index in [9.17, 15) is 4.39 Å². The molecule has 2 aromatic heterocycles. The summed E-state index contributed by atoms with van der Waals surface area (Å²) in [7, 11) is 0. The van der Waals surface area contributed by atoms with E-state index in [1.165, 1.54) is 12.3 Å². The molecular weight excluding hydrogens is 169 g/mol. The third-order valence-corrected chi connectivity index (χ3v) is 1.69. The summed E-state index contributed by atoms with van der Waals surface area (Å²) in [6.07, 6.45) is 4.97. The predicted molar refractivity (Wildman–Crippen MR) is 46.1 cm³/mol. The Labute approximate surface area is 74.8 Å². The van der Waals surface area contributed by atoms with Gasteiger partial charge in [-0.1, -0.05) is 0 Å². The molecule has 13 heavy (non-hydrogen) atoms. The van der Waals surface area contributed by atoms with Gasteiger partial charge in [0.15, 0.2) is 0 Å². The van der Waals surface area contributed by atoms with Crippen LogP contribution in [0.4, 0.5) is 4.39 Å². The highest BCUT2D eigenvalue weighted by Crippen LogP contribution is 2.07. The van der Waals surface area contributed by atoms with Crippen LogP contribution < -0.4 is 0 Å². The molecular formula is C9H8FN3. The van der Waals surface area contributed by atoms with E-state index >= 15 is 0 Å². The van der Waals surface area contributed by atoms with E-state index in [1.54, 1.807) is 16.9 Å². The van der Waals surface area contributed by atoms with Gasteiger partial charge in [-0.3, -0.25) is 0 Å². The summed E-state index contributed by atoms with van der Waals surface area (Å²) < 4.78 is 14.3. The quantitative estimate of drug-likeness (QED) is 0.621. The standard InChI is InChI=1S/C9H8FN3/c1-7-5-12-13(6-7)8-2-3-11-9(10)4-8/h2-6H,1H3. The van der Waals surface area contributed by atoms with E-state index in [1.807, 2.05) is 13.1 Å². The van der Waals surface area contributed by atoms with E-state index in [0.717, 1.165) is 5.56 Å². The van der Waals surface area contributed by atoms with E-state index in [4.69, 9.17) is 0 Å². The maximum absolute atomic E-state index is 12.7. The third-order valence-electron chi connectivity index (χ3n) is 1.69. The Kier molecular flexibility index (Phi) is 1.81. The molecule has 2 aromatic rings. The fourth-order valence-corrected chi connectivity index (χ4v) is 1.09. The van der Waals surface area contributed by atoms with E-state index in [0.29, 0.717) is 5.69 Å². The van der Waals surface area contributed by atoms with Crippen molar-refractivity contribution < 1.29 is 4.39 Å². The number of aromatic nitrogens is 3.